The molecule has 1 amide bonds. The monoisotopic (exact) mass is 474 g/mol. The standard InChI is InChI=1S/C30H38N2O3/c1-4-23-14-8-9-15-24(23)27(20-28(33)35-3)31-29-25-16-10-11-17-26(25)30(34)32(29)21(2)18-19-22-12-6-5-7-13-22/h5-9,12-15,21,27,29,31H,4,10-11,16-20H2,1-3H3/t21-,27-,29-/m0/s1. The van der Waals surface area contributed by atoms with E-state index in [2.05, 4.69) is 60.5 Å². The van der Waals surface area contributed by atoms with Crippen LogP contribution in [0.2, 0.25) is 0 Å². The fourth-order valence-corrected chi connectivity index (χ4v) is 5.61. The number of esters is 1. The molecule has 35 heavy (non-hydrogen) atoms. The smallest absolute Gasteiger partial charge is 0.307 e. The molecule has 0 bridgehead atoms. The molecule has 0 saturated heterocycles. The van der Waals surface area contributed by atoms with Crippen LogP contribution in [0, 0.1) is 0 Å². The lowest BCUT2D eigenvalue weighted by Gasteiger charge is -2.36. The average molecular weight is 475 g/mol. The largest absolute Gasteiger partial charge is 0.469 e. The van der Waals surface area contributed by atoms with Gasteiger partial charge in [0.25, 0.3) is 5.91 Å². The van der Waals surface area contributed by atoms with E-state index in [1.807, 2.05) is 18.2 Å². The predicted octanol–water partition coefficient (Wildman–Crippen LogP) is 5.50. The second-order valence-corrected chi connectivity index (χ2v) is 9.75. The number of ether oxygens (including phenoxy) is 1. The number of nitrogens with zero attached hydrogens (tertiary/aromatic N) is 1. The third kappa shape index (κ3) is 5.67. The van der Waals surface area contributed by atoms with Gasteiger partial charge in [-0.2, -0.15) is 0 Å². The lowest BCUT2D eigenvalue weighted by Crippen LogP contribution is -2.51. The molecule has 0 fully saturated rings. The Bertz CT molecular complexity index is 1060. The van der Waals surface area contributed by atoms with Gasteiger partial charge in [0.1, 0.15) is 6.17 Å². The number of nitrogens with one attached hydrogen (secondary N) is 1. The van der Waals surface area contributed by atoms with E-state index < -0.39 is 0 Å². The summed E-state index contributed by atoms with van der Waals surface area (Å²) >= 11 is 0. The van der Waals surface area contributed by atoms with Crippen LogP contribution in [0.15, 0.2) is 65.7 Å². The Balaban J connectivity index is 1.63. The predicted molar refractivity (Wildman–Crippen MR) is 139 cm³/mol. The molecule has 1 N–H and O–H groups in total. The van der Waals surface area contributed by atoms with E-state index in [0.29, 0.717) is 0 Å². The first-order valence-corrected chi connectivity index (χ1v) is 13.0. The fraction of sp³-hybridized carbons (Fsp3) is 0.467. The third-order valence-electron chi connectivity index (χ3n) is 7.55. The van der Waals surface area contributed by atoms with Gasteiger partial charge in [-0.25, -0.2) is 0 Å². The molecule has 5 nitrogen and oxygen atoms in total. The van der Waals surface area contributed by atoms with E-state index in [1.54, 1.807) is 0 Å². The van der Waals surface area contributed by atoms with Gasteiger partial charge in [0.15, 0.2) is 0 Å². The summed E-state index contributed by atoms with van der Waals surface area (Å²) in [5, 5.41) is 3.78. The zero-order chi connectivity index (χ0) is 24.8. The summed E-state index contributed by atoms with van der Waals surface area (Å²) in [4.78, 5) is 28.1. The SMILES string of the molecule is CCc1ccccc1[C@H](CC(=O)OC)N[C@@H]1C2=C(CCCC2)C(=O)N1[C@@H](C)CCc1ccccc1. The Morgan fingerprint density at radius 3 is 2.54 bits per heavy atom. The number of rotatable bonds is 10. The van der Waals surface area contributed by atoms with Crippen LogP contribution in [0.5, 0.6) is 0 Å². The van der Waals surface area contributed by atoms with Gasteiger partial charge in [-0.05, 0) is 74.1 Å². The van der Waals surface area contributed by atoms with Crippen LogP contribution in [0.4, 0.5) is 0 Å². The molecule has 1 aliphatic carbocycles. The van der Waals surface area contributed by atoms with Crippen molar-refractivity contribution in [3.8, 4) is 0 Å². The van der Waals surface area contributed by atoms with Crippen molar-refractivity contribution in [1.82, 2.24) is 10.2 Å². The summed E-state index contributed by atoms with van der Waals surface area (Å²) in [5.41, 5.74) is 5.81. The summed E-state index contributed by atoms with van der Waals surface area (Å²) in [5.74, 6) is -0.0855. The van der Waals surface area contributed by atoms with Gasteiger partial charge in [-0.1, -0.05) is 61.5 Å². The first-order valence-electron chi connectivity index (χ1n) is 13.0. The summed E-state index contributed by atoms with van der Waals surface area (Å²) in [6.07, 6.45) is 6.68. The number of aryl methyl sites for hydroxylation is 2. The van der Waals surface area contributed by atoms with E-state index in [4.69, 9.17) is 4.74 Å². The molecule has 0 radical (unpaired) electrons. The van der Waals surface area contributed by atoms with Gasteiger partial charge < -0.3 is 9.64 Å². The third-order valence-corrected chi connectivity index (χ3v) is 7.55. The number of carbonyl (C=O) groups is 2. The highest BCUT2D eigenvalue weighted by Gasteiger charge is 2.42. The minimum absolute atomic E-state index is 0.0750. The molecule has 0 spiro atoms. The Labute approximate surface area is 209 Å². The highest BCUT2D eigenvalue weighted by molar-refractivity contribution is 5.98. The van der Waals surface area contributed by atoms with Crippen molar-refractivity contribution >= 4 is 11.9 Å². The van der Waals surface area contributed by atoms with E-state index in [0.717, 1.165) is 56.1 Å². The molecule has 0 saturated carbocycles. The summed E-state index contributed by atoms with van der Waals surface area (Å²) in [7, 11) is 1.43. The zero-order valence-corrected chi connectivity index (χ0v) is 21.3. The molecular formula is C30H38N2O3. The van der Waals surface area contributed by atoms with Crippen LogP contribution in [-0.4, -0.2) is 36.1 Å². The molecule has 2 aliphatic rings. The highest BCUT2D eigenvalue weighted by atomic mass is 16.5. The molecule has 186 valence electrons. The molecule has 1 aliphatic heterocycles. The van der Waals surface area contributed by atoms with Crippen LogP contribution >= 0.6 is 0 Å². The molecule has 4 rings (SSSR count). The van der Waals surface area contributed by atoms with Crippen LogP contribution < -0.4 is 5.32 Å². The van der Waals surface area contributed by atoms with Crippen molar-refractivity contribution in [3.05, 3.63) is 82.4 Å². The van der Waals surface area contributed by atoms with Gasteiger partial charge in [0.05, 0.1) is 13.5 Å². The molecule has 1 heterocycles. The van der Waals surface area contributed by atoms with Crippen molar-refractivity contribution in [2.45, 2.75) is 83.5 Å². The van der Waals surface area contributed by atoms with Crippen molar-refractivity contribution in [1.29, 1.82) is 0 Å². The normalized spacial score (nSPS) is 19.5. The van der Waals surface area contributed by atoms with Gasteiger partial charge in [-0.3, -0.25) is 14.9 Å². The van der Waals surface area contributed by atoms with E-state index in [9.17, 15) is 9.59 Å². The number of hydrogen-bond acceptors (Lipinski definition) is 4. The van der Waals surface area contributed by atoms with E-state index >= 15 is 0 Å². The van der Waals surface area contributed by atoms with Crippen LogP contribution in [0.25, 0.3) is 0 Å². The Morgan fingerprint density at radius 1 is 1.09 bits per heavy atom. The Morgan fingerprint density at radius 2 is 1.80 bits per heavy atom. The Kier molecular flexibility index (Phi) is 8.40. The van der Waals surface area contributed by atoms with Crippen molar-refractivity contribution in [3.63, 3.8) is 0 Å². The number of hydrogen-bond donors (Lipinski definition) is 1. The fourth-order valence-electron chi connectivity index (χ4n) is 5.61. The average Bonchev–Trinajstić information content (AvgIpc) is 3.18. The molecule has 5 heteroatoms. The van der Waals surface area contributed by atoms with Gasteiger partial charge >= 0.3 is 5.97 Å². The highest BCUT2D eigenvalue weighted by Crippen LogP contribution is 2.38. The van der Waals surface area contributed by atoms with E-state index in [1.165, 1.54) is 23.8 Å². The topological polar surface area (TPSA) is 58.6 Å². The number of amides is 1. The first kappa shape index (κ1) is 25.2. The quantitative estimate of drug-likeness (QED) is 0.462. The zero-order valence-electron chi connectivity index (χ0n) is 21.3. The lowest BCUT2D eigenvalue weighted by atomic mass is 9.91. The van der Waals surface area contributed by atoms with Crippen molar-refractivity contribution in [2.75, 3.05) is 7.11 Å². The first-order chi connectivity index (χ1) is 17.0. The minimum atomic E-state index is -0.251. The van der Waals surface area contributed by atoms with Gasteiger partial charge in [0, 0.05) is 17.7 Å². The van der Waals surface area contributed by atoms with Crippen LogP contribution in [0.3, 0.4) is 0 Å². The molecule has 3 atom stereocenters. The molecule has 2 aromatic rings. The molecule has 0 aromatic heterocycles. The molecule has 0 unspecified atom stereocenters. The maximum Gasteiger partial charge on any atom is 0.307 e. The van der Waals surface area contributed by atoms with Crippen molar-refractivity contribution in [2.24, 2.45) is 0 Å². The molecular weight excluding hydrogens is 436 g/mol. The second kappa shape index (κ2) is 11.7. The van der Waals surface area contributed by atoms with Gasteiger partial charge in [0.2, 0.25) is 0 Å². The lowest BCUT2D eigenvalue weighted by molar-refractivity contribution is -0.141. The van der Waals surface area contributed by atoms with Crippen LogP contribution in [0.1, 0.15) is 75.1 Å². The van der Waals surface area contributed by atoms with Crippen molar-refractivity contribution < 1.29 is 14.3 Å². The maximum atomic E-state index is 13.7. The maximum absolute atomic E-state index is 13.7. The van der Waals surface area contributed by atoms with Gasteiger partial charge in [-0.15, -0.1) is 0 Å². The minimum Gasteiger partial charge on any atom is -0.469 e. The summed E-state index contributed by atoms with van der Waals surface area (Å²) in [6.45, 7) is 4.29. The summed E-state index contributed by atoms with van der Waals surface area (Å²) in [6, 6.07) is 18.6. The number of benzene rings is 2. The number of methoxy groups -OCH3 is 1. The van der Waals surface area contributed by atoms with Crippen LogP contribution in [-0.2, 0) is 27.2 Å². The molecule has 2 aromatic carbocycles. The Hall–Kier alpha value is -2.92. The summed E-state index contributed by atoms with van der Waals surface area (Å²) < 4.78 is 5.06. The number of carbonyl (C=O) groups excluding carboxylic acids is 2. The van der Waals surface area contributed by atoms with E-state index in [-0.39, 0.29) is 36.5 Å². The second-order valence-electron chi connectivity index (χ2n) is 9.75.